The van der Waals surface area contributed by atoms with Gasteiger partial charge >= 0.3 is 0 Å². The molecule has 0 atom stereocenters. The zero-order chi connectivity index (χ0) is 16.7. The number of benzene rings is 1. The molecule has 1 N–H and O–H groups in total. The van der Waals surface area contributed by atoms with Crippen molar-refractivity contribution >= 4 is 41.4 Å². The van der Waals surface area contributed by atoms with E-state index in [2.05, 4.69) is 63.2 Å². The van der Waals surface area contributed by atoms with Gasteiger partial charge in [-0.15, -0.1) is 24.8 Å². The summed E-state index contributed by atoms with van der Waals surface area (Å²) in [5, 5.41) is 8.64. The lowest BCUT2D eigenvalue weighted by Gasteiger charge is -2.34. The number of aromatic nitrogens is 3. The van der Waals surface area contributed by atoms with Crippen molar-refractivity contribution in [3.8, 4) is 11.1 Å². The zero-order valence-electron chi connectivity index (χ0n) is 15.3. The van der Waals surface area contributed by atoms with Crippen LogP contribution in [0.4, 0.5) is 5.69 Å². The van der Waals surface area contributed by atoms with Crippen molar-refractivity contribution < 1.29 is 1.43 Å². The van der Waals surface area contributed by atoms with Crippen LogP contribution in [0.2, 0.25) is 0 Å². The van der Waals surface area contributed by atoms with Gasteiger partial charge < -0.3 is 9.80 Å². The van der Waals surface area contributed by atoms with Crippen molar-refractivity contribution in [3.05, 3.63) is 41.9 Å². The summed E-state index contributed by atoms with van der Waals surface area (Å²) in [7, 11) is 2.19. The lowest BCUT2D eigenvalue weighted by Crippen LogP contribution is -2.44. The monoisotopic (exact) mass is 395 g/mol. The summed E-state index contributed by atoms with van der Waals surface area (Å²) in [5.74, 6) is 0. The fraction of sp³-hybridized carbons (Fsp3) is 0.368. The molecule has 4 rings (SSSR count). The van der Waals surface area contributed by atoms with Crippen molar-refractivity contribution in [1.29, 1.82) is 0 Å². The van der Waals surface area contributed by atoms with Crippen molar-refractivity contribution in [2.45, 2.75) is 13.8 Å². The standard InChI is InChI=1S/C19H23N5.2ClH.H2/c1-13-19(14(2)22-21-13)15-4-5-17-16(12-15)18(6-7-20-17)24-10-8-23(3)9-11-24;;;/h4-7,12H,8-11H2,1-3H3,(H,21,22);3*1H. The zero-order valence-corrected chi connectivity index (χ0v) is 17.0. The Morgan fingerprint density at radius 1 is 1.04 bits per heavy atom. The van der Waals surface area contributed by atoms with Crippen LogP contribution in [0.15, 0.2) is 30.5 Å². The van der Waals surface area contributed by atoms with Gasteiger partial charge in [-0.3, -0.25) is 10.1 Å². The molecule has 0 spiro atoms. The highest BCUT2D eigenvalue weighted by atomic mass is 35.5. The van der Waals surface area contributed by atoms with Gasteiger partial charge in [0.2, 0.25) is 0 Å². The largest absolute Gasteiger partial charge is 0.368 e. The average molecular weight is 396 g/mol. The summed E-state index contributed by atoms with van der Waals surface area (Å²) >= 11 is 0. The fourth-order valence-corrected chi connectivity index (χ4v) is 3.59. The van der Waals surface area contributed by atoms with Crippen LogP contribution in [0.5, 0.6) is 0 Å². The molecule has 1 aliphatic rings. The van der Waals surface area contributed by atoms with Crippen LogP contribution in [-0.2, 0) is 0 Å². The van der Waals surface area contributed by atoms with Gasteiger partial charge in [0, 0.05) is 56.1 Å². The molecular weight excluding hydrogens is 369 g/mol. The Hall–Kier alpha value is -1.82. The van der Waals surface area contributed by atoms with E-state index in [4.69, 9.17) is 0 Å². The second-order valence-electron chi connectivity index (χ2n) is 6.66. The van der Waals surface area contributed by atoms with Crippen LogP contribution in [0, 0.1) is 13.8 Å². The molecule has 1 fully saturated rings. The number of piperazine rings is 1. The molecule has 2 aromatic heterocycles. The number of fused-ring (bicyclic) bond motifs is 1. The smallest absolute Gasteiger partial charge is 0.0723 e. The Kier molecular flexibility index (Phi) is 6.50. The van der Waals surface area contributed by atoms with Crippen LogP contribution < -0.4 is 4.90 Å². The summed E-state index contributed by atoms with van der Waals surface area (Å²) in [4.78, 5) is 9.41. The third kappa shape index (κ3) is 3.65. The molecule has 0 bridgehead atoms. The SMILES string of the molecule is Cc1n[nH]c(C)c1-c1ccc2nccc(N3CCN(C)CC3)c2c1.Cl.Cl.[HH]. The number of H-pyrrole nitrogens is 1. The van der Waals surface area contributed by atoms with E-state index in [0.717, 1.165) is 43.1 Å². The first-order valence-electron chi connectivity index (χ1n) is 8.47. The number of rotatable bonds is 2. The minimum absolute atomic E-state index is 0. The lowest BCUT2D eigenvalue weighted by atomic mass is 10.0. The lowest BCUT2D eigenvalue weighted by molar-refractivity contribution is 0.313. The molecule has 0 amide bonds. The third-order valence-corrected chi connectivity index (χ3v) is 4.98. The topological polar surface area (TPSA) is 48.1 Å². The summed E-state index contributed by atoms with van der Waals surface area (Å²) in [5.41, 5.74) is 6.89. The molecule has 26 heavy (non-hydrogen) atoms. The molecule has 7 heteroatoms. The number of halogens is 2. The molecule has 1 saturated heterocycles. The second kappa shape index (κ2) is 8.25. The van der Waals surface area contributed by atoms with Gasteiger partial charge in [0.15, 0.2) is 0 Å². The number of nitrogens with one attached hydrogen (secondary N) is 1. The fourth-order valence-electron chi connectivity index (χ4n) is 3.59. The second-order valence-corrected chi connectivity index (χ2v) is 6.66. The maximum atomic E-state index is 4.56. The van der Waals surface area contributed by atoms with E-state index < -0.39 is 0 Å². The van der Waals surface area contributed by atoms with Gasteiger partial charge in [-0.2, -0.15) is 5.10 Å². The number of nitrogens with zero attached hydrogens (tertiary/aromatic N) is 4. The number of pyridine rings is 1. The molecule has 0 aliphatic carbocycles. The summed E-state index contributed by atoms with van der Waals surface area (Å²) < 4.78 is 0. The van der Waals surface area contributed by atoms with Crippen LogP contribution in [0.1, 0.15) is 12.8 Å². The van der Waals surface area contributed by atoms with E-state index in [-0.39, 0.29) is 26.2 Å². The molecule has 3 aromatic rings. The predicted molar refractivity (Wildman–Crippen MR) is 115 cm³/mol. The van der Waals surface area contributed by atoms with E-state index in [1.54, 1.807) is 0 Å². The van der Waals surface area contributed by atoms with Crippen LogP contribution in [0.3, 0.4) is 0 Å². The molecule has 1 aromatic carbocycles. The first-order valence-corrected chi connectivity index (χ1v) is 8.47. The summed E-state index contributed by atoms with van der Waals surface area (Å²) in [6.45, 7) is 8.44. The van der Waals surface area contributed by atoms with Gasteiger partial charge in [0.25, 0.3) is 0 Å². The van der Waals surface area contributed by atoms with Crippen molar-refractivity contribution in [2.75, 3.05) is 38.1 Å². The van der Waals surface area contributed by atoms with E-state index >= 15 is 0 Å². The minimum Gasteiger partial charge on any atom is -0.368 e. The van der Waals surface area contributed by atoms with Gasteiger partial charge in [-0.05, 0) is 44.7 Å². The van der Waals surface area contributed by atoms with E-state index in [1.165, 1.54) is 22.2 Å². The van der Waals surface area contributed by atoms with Crippen molar-refractivity contribution in [1.82, 2.24) is 20.1 Å². The van der Waals surface area contributed by atoms with Crippen molar-refractivity contribution in [2.24, 2.45) is 0 Å². The third-order valence-electron chi connectivity index (χ3n) is 4.98. The molecule has 0 unspecified atom stereocenters. The Bertz CT molecular complexity index is 871. The minimum atomic E-state index is 0. The molecule has 3 heterocycles. The van der Waals surface area contributed by atoms with E-state index in [9.17, 15) is 0 Å². The Morgan fingerprint density at radius 3 is 2.42 bits per heavy atom. The molecule has 0 radical (unpaired) electrons. The van der Waals surface area contributed by atoms with Gasteiger partial charge in [0.05, 0.1) is 11.2 Å². The highest BCUT2D eigenvalue weighted by Crippen LogP contribution is 2.32. The number of aryl methyl sites for hydroxylation is 2. The molecule has 5 nitrogen and oxygen atoms in total. The van der Waals surface area contributed by atoms with Crippen LogP contribution >= 0.6 is 24.8 Å². The number of anilines is 1. The Balaban J connectivity index is 0.00000121. The van der Waals surface area contributed by atoms with Gasteiger partial charge in [0.1, 0.15) is 0 Å². The maximum absolute atomic E-state index is 4.56. The number of hydrogen-bond donors (Lipinski definition) is 1. The molecule has 1 aliphatic heterocycles. The Morgan fingerprint density at radius 2 is 1.77 bits per heavy atom. The molecular formula is C19H27Cl2N5. The highest BCUT2D eigenvalue weighted by Gasteiger charge is 2.17. The van der Waals surface area contributed by atoms with E-state index in [1.807, 2.05) is 13.1 Å². The van der Waals surface area contributed by atoms with Crippen LogP contribution in [0.25, 0.3) is 22.0 Å². The maximum Gasteiger partial charge on any atom is 0.0723 e. The number of aromatic amines is 1. The average Bonchev–Trinajstić information content (AvgIpc) is 2.93. The first-order chi connectivity index (χ1) is 11.6. The molecule has 142 valence electrons. The Labute approximate surface area is 168 Å². The number of hydrogen-bond acceptors (Lipinski definition) is 4. The molecule has 0 saturated carbocycles. The van der Waals surface area contributed by atoms with Crippen molar-refractivity contribution in [3.63, 3.8) is 0 Å². The summed E-state index contributed by atoms with van der Waals surface area (Å²) in [6.07, 6.45) is 1.92. The first kappa shape index (κ1) is 20.5. The highest BCUT2D eigenvalue weighted by molar-refractivity contribution is 5.95. The van der Waals surface area contributed by atoms with E-state index in [0.29, 0.717) is 0 Å². The van der Waals surface area contributed by atoms with Crippen LogP contribution in [-0.4, -0.2) is 53.3 Å². The van der Waals surface area contributed by atoms with Gasteiger partial charge in [-0.1, -0.05) is 6.07 Å². The van der Waals surface area contributed by atoms with Gasteiger partial charge in [-0.25, -0.2) is 0 Å². The summed E-state index contributed by atoms with van der Waals surface area (Å²) in [6, 6.07) is 8.68. The number of likely N-dealkylation sites (N-methyl/N-ethyl adjacent to an activating group) is 1. The quantitative estimate of drug-likeness (QED) is 0.709. The normalized spacial score (nSPS) is 14.8. The predicted octanol–water partition coefficient (Wildman–Crippen LogP) is 4.08.